The third kappa shape index (κ3) is 2.98. The maximum Gasteiger partial charge on any atom is 0.337 e. The Morgan fingerprint density at radius 2 is 1.96 bits per heavy atom. The molecule has 0 spiro atoms. The predicted molar refractivity (Wildman–Crippen MR) is 103 cm³/mol. The highest BCUT2D eigenvalue weighted by Crippen LogP contribution is 2.51. The number of carbonyl (C=O) groups is 2. The van der Waals surface area contributed by atoms with Gasteiger partial charge < -0.3 is 4.74 Å². The molecule has 1 saturated carbocycles. The second kappa shape index (κ2) is 6.67. The van der Waals surface area contributed by atoms with Crippen LogP contribution in [0, 0.1) is 5.92 Å². The molecule has 28 heavy (non-hydrogen) atoms. The van der Waals surface area contributed by atoms with Crippen LogP contribution in [0.1, 0.15) is 46.2 Å². The van der Waals surface area contributed by atoms with Crippen molar-refractivity contribution in [2.24, 2.45) is 11.0 Å². The van der Waals surface area contributed by atoms with Gasteiger partial charge in [-0.05, 0) is 37.1 Å². The van der Waals surface area contributed by atoms with E-state index in [1.54, 1.807) is 29.4 Å². The molecule has 2 unspecified atom stereocenters. The van der Waals surface area contributed by atoms with Crippen LogP contribution in [0.2, 0.25) is 0 Å². The number of rotatable bonds is 4. The summed E-state index contributed by atoms with van der Waals surface area (Å²) in [4.78, 5) is 32.7. The van der Waals surface area contributed by atoms with Crippen LogP contribution >= 0.6 is 0 Å². The number of hydrogen-bond donors (Lipinski definition) is 0. The van der Waals surface area contributed by atoms with Crippen molar-refractivity contribution in [3.05, 3.63) is 71.8 Å². The second-order valence-electron chi connectivity index (χ2n) is 7.28. The fraction of sp³-hybridized carbons (Fsp3) is 0.286. The smallest absolute Gasteiger partial charge is 0.337 e. The summed E-state index contributed by atoms with van der Waals surface area (Å²) < 4.78 is 4.74. The van der Waals surface area contributed by atoms with E-state index < -0.39 is 5.54 Å². The molecule has 2 aromatic rings. The van der Waals surface area contributed by atoms with E-state index in [0.717, 1.165) is 23.3 Å². The van der Waals surface area contributed by atoms with Crippen LogP contribution in [0.15, 0.2) is 60.1 Å². The maximum absolute atomic E-state index is 13.1. The number of hydrogen-bond acceptors (Lipinski definition) is 6. The Bertz CT molecular complexity index is 984. The third-order valence-electron chi connectivity index (χ3n) is 5.41. The number of nitrogens with zero attached hydrogens (tertiary/aromatic N) is 4. The normalized spacial score (nSPS) is 23.4. The molecule has 2 heterocycles. The first-order valence-corrected chi connectivity index (χ1v) is 8.98. The van der Waals surface area contributed by atoms with E-state index in [2.05, 4.69) is 21.6 Å². The fourth-order valence-electron chi connectivity index (χ4n) is 3.70. The molecule has 2 atom stereocenters. The summed E-state index contributed by atoms with van der Waals surface area (Å²) in [5, 5.41) is 6.20. The minimum Gasteiger partial charge on any atom is -0.465 e. The highest BCUT2D eigenvalue weighted by molar-refractivity contribution is 6.05. The van der Waals surface area contributed by atoms with E-state index in [-0.39, 0.29) is 17.8 Å². The first-order valence-electron chi connectivity index (χ1n) is 8.98. The van der Waals surface area contributed by atoms with Crippen LogP contribution in [0.3, 0.4) is 0 Å². The van der Waals surface area contributed by atoms with Crippen molar-refractivity contribution in [2.45, 2.75) is 25.3 Å². The molecule has 2 aliphatic rings. The van der Waals surface area contributed by atoms with Gasteiger partial charge in [0.2, 0.25) is 0 Å². The standard InChI is InChI=1S/C21H20N4O3/c1-13-10-16(13)21(2)11-18(14-4-6-15(7-5-14)20(27)28-3)24-25(21)19(26)17-8-9-22-12-23-17/h4-9,12,16H,1,10-11H2,2-3H3. The number of aromatic nitrogens is 2. The van der Waals surface area contributed by atoms with Gasteiger partial charge in [0.25, 0.3) is 5.91 Å². The molecule has 142 valence electrons. The molecule has 0 bridgehead atoms. The van der Waals surface area contributed by atoms with Gasteiger partial charge in [-0.2, -0.15) is 5.10 Å². The van der Waals surface area contributed by atoms with Crippen LogP contribution in [-0.4, -0.2) is 45.2 Å². The molecule has 1 aromatic carbocycles. The topological polar surface area (TPSA) is 84.8 Å². The van der Waals surface area contributed by atoms with Gasteiger partial charge in [0, 0.05) is 18.5 Å². The summed E-state index contributed by atoms with van der Waals surface area (Å²) in [6, 6.07) is 8.64. The lowest BCUT2D eigenvalue weighted by atomic mass is 9.87. The Kier molecular flexibility index (Phi) is 4.30. The Balaban J connectivity index is 1.68. The van der Waals surface area contributed by atoms with Crippen molar-refractivity contribution >= 4 is 17.6 Å². The Morgan fingerprint density at radius 1 is 1.25 bits per heavy atom. The van der Waals surface area contributed by atoms with Gasteiger partial charge in [-0.1, -0.05) is 24.3 Å². The zero-order valence-corrected chi connectivity index (χ0v) is 15.8. The zero-order valence-electron chi connectivity index (χ0n) is 15.8. The summed E-state index contributed by atoms with van der Waals surface area (Å²) in [5.74, 6) is -0.445. The molecule has 1 fully saturated rings. The first-order chi connectivity index (χ1) is 13.4. The van der Waals surface area contributed by atoms with Gasteiger partial charge >= 0.3 is 5.97 Å². The first kappa shape index (κ1) is 18.0. The third-order valence-corrected chi connectivity index (χ3v) is 5.41. The summed E-state index contributed by atoms with van der Waals surface area (Å²) in [5.41, 5.74) is 3.07. The largest absolute Gasteiger partial charge is 0.465 e. The molecule has 0 N–H and O–H groups in total. The highest BCUT2D eigenvalue weighted by atomic mass is 16.5. The summed E-state index contributed by atoms with van der Waals surface area (Å²) >= 11 is 0. The van der Waals surface area contributed by atoms with E-state index in [9.17, 15) is 9.59 Å². The average molecular weight is 376 g/mol. The van der Waals surface area contributed by atoms with Crippen LogP contribution < -0.4 is 0 Å². The van der Waals surface area contributed by atoms with Gasteiger partial charge in [0.1, 0.15) is 12.0 Å². The van der Waals surface area contributed by atoms with Crippen LogP contribution in [0.5, 0.6) is 0 Å². The van der Waals surface area contributed by atoms with Crippen molar-refractivity contribution in [2.75, 3.05) is 7.11 Å². The van der Waals surface area contributed by atoms with E-state index >= 15 is 0 Å². The van der Waals surface area contributed by atoms with Crippen molar-refractivity contribution in [3.63, 3.8) is 0 Å². The molecule has 0 saturated heterocycles. The van der Waals surface area contributed by atoms with E-state index in [1.165, 1.54) is 13.4 Å². The molecule has 0 radical (unpaired) electrons. The highest BCUT2D eigenvalue weighted by Gasteiger charge is 2.54. The van der Waals surface area contributed by atoms with Crippen molar-refractivity contribution in [3.8, 4) is 0 Å². The monoisotopic (exact) mass is 376 g/mol. The zero-order chi connectivity index (χ0) is 19.9. The van der Waals surface area contributed by atoms with Gasteiger partial charge in [-0.15, -0.1) is 0 Å². The van der Waals surface area contributed by atoms with Crippen LogP contribution in [0.25, 0.3) is 0 Å². The maximum atomic E-state index is 13.1. The molecule has 7 heteroatoms. The Labute approximate surface area is 162 Å². The molecule has 1 amide bonds. The van der Waals surface area contributed by atoms with Crippen LogP contribution in [-0.2, 0) is 4.74 Å². The summed E-state index contributed by atoms with van der Waals surface area (Å²) in [6.45, 7) is 6.11. The van der Waals surface area contributed by atoms with Gasteiger partial charge in [0.15, 0.2) is 0 Å². The number of methoxy groups -OCH3 is 1. The SMILES string of the molecule is C=C1CC1C1(C)CC(c2ccc(C(=O)OC)cc2)=NN1C(=O)c1ccncn1. The van der Waals surface area contributed by atoms with E-state index in [1.807, 2.05) is 19.1 Å². The molecule has 1 aliphatic carbocycles. The average Bonchev–Trinajstić information content (AvgIpc) is 3.37. The number of benzene rings is 1. The lowest BCUT2D eigenvalue weighted by Gasteiger charge is -2.32. The van der Waals surface area contributed by atoms with E-state index in [0.29, 0.717) is 17.7 Å². The molecule has 1 aliphatic heterocycles. The molecule has 7 nitrogen and oxygen atoms in total. The number of amides is 1. The number of hydrazone groups is 1. The lowest BCUT2D eigenvalue weighted by molar-refractivity contribution is 0.0535. The Morgan fingerprint density at radius 3 is 2.54 bits per heavy atom. The van der Waals surface area contributed by atoms with Gasteiger partial charge in [0.05, 0.1) is 23.9 Å². The molecule has 4 rings (SSSR count). The molecular formula is C21H20N4O3. The van der Waals surface area contributed by atoms with Gasteiger partial charge in [-0.3, -0.25) is 4.79 Å². The summed E-state index contributed by atoms with van der Waals surface area (Å²) in [7, 11) is 1.35. The summed E-state index contributed by atoms with van der Waals surface area (Å²) in [6.07, 6.45) is 4.38. The fourth-order valence-corrected chi connectivity index (χ4v) is 3.70. The predicted octanol–water partition coefficient (Wildman–Crippen LogP) is 2.85. The number of carbonyl (C=O) groups excluding carboxylic acids is 2. The van der Waals surface area contributed by atoms with Crippen molar-refractivity contribution in [1.29, 1.82) is 0 Å². The minimum atomic E-state index is -0.491. The van der Waals surface area contributed by atoms with Gasteiger partial charge in [-0.25, -0.2) is 19.8 Å². The second-order valence-corrected chi connectivity index (χ2v) is 7.28. The number of ether oxygens (including phenoxy) is 1. The molecular weight excluding hydrogens is 356 g/mol. The van der Waals surface area contributed by atoms with Crippen LogP contribution in [0.4, 0.5) is 0 Å². The molecule has 1 aromatic heterocycles. The number of esters is 1. The lowest BCUT2D eigenvalue weighted by Crippen LogP contribution is -2.45. The Hall–Kier alpha value is -3.35. The van der Waals surface area contributed by atoms with E-state index in [4.69, 9.17) is 4.74 Å². The van der Waals surface area contributed by atoms with Crippen molar-refractivity contribution in [1.82, 2.24) is 15.0 Å². The van der Waals surface area contributed by atoms with Crippen molar-refractivity contribution < 1.29 is 14.3 Å². The quantitative estimate of drug-likeness (QED) is 0.605. The minimum absolute atomic E-state index is 0.203.